The Bertz CT molecular complexity index is 617. The van der Waals surface area contributed by atoms with Crippen molar-refractivity contribution >= 4 is 30.4 Å². The number of carbonyl (C=O) groups is 3. The van der Waals surface area contributed by atoms with Crippen LogP contribution in [0.15, 0.2) is 12.4 Å². The van der Waals surface area contributed by atoms with Crippen molar-refractivity contribution in [2.45, 2.75) is 31.7 Å². The largest absolute Gasteiger partial charge is 0.476 e. The maximum absolute atomic E-state index is 12.2. The number of thiol groups is 1. The maximum atomic E-state index is 12.2. The average molecular weight is 352 g/mol. The van der Waals surface area contributed by atoms with E-state index in [9.17, 15) is 14.4 Å². The molecule has 1 aromatic rings. The molecule has 8 nitrogen and oxygen atoms in total. The molecule has 1 saturated carbocycles. The van der Waals surface area contributed by atoms with Crippen LogP contribution in [0.4, 0.5) is 0 Å². The van der Waals surface area contributed by atoms with E-state index in [4.69, 9.17) is 5.11 Å². The minimum Gasteiger partial charge on any atom is -0.476 e. The molecule has 0 radical (unpaired) electrons. The van der Waals surface area contributed by atoms with Gasteiger partial charge >= 0.3 is 5.97 Å². The summed E-state index contributed by atoms with van der Waals surface area (Å²) in [6, 6.07) is -0.102. The summed E-state index contributed by atoms with van der Waals surface area (Å²) in [5.41, 5.74) is -0.562. The van der Waals surface area contributed by atoms with Gasteiger partial charge in [-0.15, -0.1) is 0 Å². The van der Waals surface area contributed by atoms with Gasteiger partial charge in [0, 0.05) is 36.7 Å². The van der Waals surface area contributed by atoms with Crippen LogP contribution in [-0.2, 0) is 4.79 Å². The van der Waals surface area contributed by atoms with E-state index in [0.29, 0.717) is 38.0 Å². The molecule has 1 aromatic heterocycles. The highest BCUT2D eigenvalue weighted by atomic mass is 32.1. The molecule has 0 aliphatic heterocycles. The minimum absolute atomic E-state index is 0.0240. The first-order valence-electron chi connectivity index (χ1n) is 7.76. The predicted octanol–water partition coefficient (Wildman–Crippen LogP) is 0.509. The summed E-state index contributed by atoms with van der Waals surface area (Å²) in [7, 11) is 0. The second kappa shape index (κ2) is 8.62. The molecule has 0 bridgehead atoms. The van der Waals surface area contributed by atoms with Gasteiger partial charge in [0.05, 0.1) is 0 Å². The van der Waals surface area contributed by atoms with Crippen molar-refractivity contribution in [2.75, 3.05) is 12.3 Å². The third kappa shape index (κ3) is 4.67. The molecule has 1 aliphatic carbocycles. The molecule has 1 heterocycles. The summed E-state index contributed by atoms with van der Waals surface area (Å²) in [6.07, 6.45) is 5.19. The molecule has 0 atom stereocenters. The molecular formula is C15H20N4O4S. The molecule has 0 aromatic carbocycles. The van der Waals surface area contributed by atoms with E-state index >= 15 is 0 Å². The van der Waals surface area contributed by atoms with Gasteiger partial charge in [0.15, 0.2) is 11.4 Å². The normalized spacial score (nSPS) is 20.2. The van der Waals surface area contributed by atoms with Gasteiger partial charge in [-0.25, -0.2) is 14.8 Å². The minimum atomic E-state index is -1.29. The number of aromatic carboxylic acids is 1. The Morgan fingerprint density at radius 1 is 1.12 bits per heavy atom. The lowest BCUT2D eigenvalue weighted by Gasteiger charge is -2.28. The lowest BCUT2D eigenvalue weighted by atomic mass is 9.85. The van der Waals surface area contributed by atoms with E-state index in [1.807, 2.05) is 0 Å². The van der Waals surface area contributed by atoms with E-state index in [1.165, 1.54) is 12.4 Å². The highest BCUT2D eigenvalue weighted by Crippen LogP contribution is 2.24. The SMILES string of the molecule is O=C(O)c1nccnc1C(=O)NC1CCC(C(=O)NCCS)CC1. The first-order valence-corrected chi connectivity index (χ1v) is 8.40. The summed E-state index contributed by atoms with van der Waals surface area (Å²) in [5.74, 6) is -1.28. The predicted molar refractivity (Wildman–Crippen MR) is 89.1 cm³/mol. The van der Waals surface area contributed by atoms with Crippen LogP contribution in [0.25, 0.3) is 0 Å². The van der Waals surface area contributed by atoms with Gasteiger partial charge in [-0.05, 0) is 25.7 Å². The Hall–Kier alpha value is -2.16. The Kier molecular flexibility index (Phi) is 6.53. The molecule has 9 heteroatoms. The van der Waals surface area contributed by atoms with E-state index in [0.717, 1.165) is 0 Å². The second-order valence-corrected chi connectivity index (χ2v) is 6.04. The molecule has 130 valence electrons. The fraction of sp³-hybridized carbons (Fsp3) is 0.533. The number of carboxylic acid groups (broad SMARTS) is 1. The van der Waals surface area contributed by atoms with Gasteiger partial charge in [-0.1, -0.05) is 0 Å². The number of hydrogen-bond donors (Lipinski definition) is 4. The molecule has 2 amide bonds. The number of aromatic nitrogens is 2. The van der Waals surface area contributed by atoms with Crippen LogP contribution in [0.3, 0.4) is 0 Å². The van der Waals surface area contributed by atoms with Crippen LogP contribution in [0, 0.1) is 5.92 Å². The molecule has 2 rings (SSSR count). The lowest BCUT2D eigenvalue weighted by molar-refractivity contribution is -0.125. The number of rotatable bonds is 6. The zero-order valence-corrected chi connectivity index (χ0v) is 14.0. The zero-order valence-electron chi connectivity index (χ0n) is 13.1. The van der Waals surface area contributed by atoms with E-state index < -0.39 is 11.9 Å². The summed E-state index contributed by atoms with van der Waals surface area (Å²) in [5, 5.41) is 14.7. The molecule has 0 unspecified atom stereocenters. The number of nitrogens with zero attached hydrogens (tertiary/aromatic N) is 2. The third-order valence-electron chi connectivity index (χ3n) is 3.96. The first kappa shape index (κ1) is 18.2. The maximum Gasteiger partial charge on any atom is 0.356 e. The average Bonchev–Trinajstić information content (AvgIpc) is 2.60. The molecular weight excluding hydrogens is 332 g/mol. The number of carbonyl (C=O) groups excluding carboxylic acids is 2. The fourth-order valence-corrected chi connectivity index (χ4v) is 2.85. The van der Waals surface area contributed by atoms with Crippen LogP contribution in [0.5, 0.6) is 0 Å². The lowest BCUT2D eigenvalue weighted by Crippen LogP contribution is -2.41. The van der Waals surface area contributed by atoms with Crippen molar-refractivity contribution < 1.29 is 19.5 Å². The Balaban J connectivity index is 1.89. The second-order valence-electron chi connectivity index (χ2n) is 5.60. The molecule has 0 spiro atoms. The molecule has 1 aliphatic rings. The number of carboxylic acids is 1. The standard InChI is InChI=1S/C15H20N4O4S/c20-13(18-7-8-24)9-1-3-10(4-2-9)19-14(21)11-12(15(22)23)17-6-5-16-11/h5-6,9-10,24H,1-4,7-8H2,(H,18,20)(H,19,21)(H,22,23). The number of nitrogens with one attached hydrogen (secondary N) is 2. The van der Waals surface area contributed by atoms with Gasteiger partial charge in [-0.3, -0.25) is 9.59 Å². The smallest absolute Gasteiger partial charge is 0.356 e. The van der Waals surface area contributed by atoms with Gasteiger partial charge in [0.25, 0.3) is 5.91 Å². The van der Waals surface area contributed by atoms with Crippen molar-refractivity contribution in [3.05, 3.63) is 23.8 Å². The van der Waals surface area contributed by atoms with Crippen molar-refractivity contribution in [3.63, 3.8) is 0 Å². The Morgan fingerprint density at radius 2 is 1.75 bits per heavy atom. The van der Waals surface area contributed by atoms with E-state index in [2.05, 4.69) is 33.2 Å². The van der Waals surface area contributed by atoms with Gasteiger partial charge < -0.3 is 15.7 Å². The first-order chi connectivity index (χ1) is 11.5. The van der Waals surface area contributed by atoms with Gasteiger partial charge in [-0.2, -0.15) is 12.6 Å². The summed E-state index contributed by atoms with van der Waals surface area (Å²) in [4.78, 5) is 42.7. The zero-order chi connectivity index (χ0) is 17.5. The molecule has 24 heavy (non-hydrogen) atoms. The van der Waals surface area contributed by atoms with Gasteiger partial charge in [0.1, 0.15) is 0 Å². The van der Waals surface area contributed by atoms with Gasteiger partial charge in [0.2, 0.25) is 5.91 Å². The highest BCUT2D eigenvalue weighted by molar-refractivity contribution is 7.80. The summed E-state index contributed by atoms with van der Waals surface area (Å²) < 4.78 is 0. The highest BCUT2D eigenvalue weighted by Gasteiger charge is 2.28. The van der Waals surface area contributed by atoms with Crippen molar-refractivity contribution in [1.29, 1.82) is 0 Å². The topological polar surface area (TPSA) is 121 Å². The number of amides is 2. The molecule has 0 saturated heterocycles. The monoisotopic (exact) mass is 352 g/mol. The third-order valence-corrected chi connectivity index (χ3v) is 4.18. The molecule has 1 fully saturated rings. The van der Waals surface area contributed by atoms with Crippen LogP contribution in [-0.4, -0.2) is 51.2 Å². The van der Waals surface area contributed by atoms with Crippen molar-refractivity contribution in [1.82, 2.24) is 20.6 Å². The number of hydrogen-bond acceptors (Lipinski definition) is 6. The van der Waals surface area contributed by atoms with Crippen molar-refractivity contribution in [2.24, 2.45) is 5.92 Å². The van der Waals surface area contributed by atoms with E-state index in [1.54, 1.807) is 0 Å². The van der Waals surface area contributed by atoms with Crippen LogP contribution in [0.2, 0.25) is 0 Å². The quantitative estimate of drug-likeness (QED) is 0.554. The van der Waals surface area contributed by atoms with E-state index in [-0.39, 0.29) is 29.3 Å². The Labute approximate surface area is 144 Å². The van der Waals surface area contributed by atoms with Crippen LogP contribution in [0.1, 0.15) is 46.7 Å². The summed E-state index contributed by atoms with van der Waals surface area (Å²) in [6.45, 7) is 0.545. The van der Waals surface area contributed by atoms with Crippen LogP contribution < -0.4 is 10.6 Å². The van der Waals surface area contributed by atoms with Crippen molar-refractivity contribution in [3.8, 4) is 0 Å². The molecule has 3 N–H and O–H groups in total. The fourth-order valence-electron chi connectivity index (χ4n) is 2.74. The van der Waals surface area contributed by atoms with Crippen LogP contribution >= 0.6 is 12.6 Å². The Morgan fingerprint density at radius 3 is 2.33 bits per heavy atom. The summed E-state index contributed by atoms with van der Waals surface area (Å²) >= 11 is 4.05.